The van der Waals surface area contributed by atoms with Crippen LogP contribution in [0.15, 0.2) is 27.2 Å². The van der Waals surface area contributed by atoms with Crippen LogP contribution in [-0.2, 0) is 19.5 Å². The van der Waals surface area contributed by atoms with Crippen molar-refractivity contribution >= 4 is 17.3 Å². The monoisotopic (exact) mass is 348 g/mol. The molecule has 1 saturated heterocycles. The average molecular weight is 348 g/mol. The molecule has 1 N–H and O–H groups in total. The maximum atomic E-state index is 4.90. The summed E-state index contributed by atoms with van der Waals surface area (Å²) >= 11 is 1.72. The lowest BCUT2D eigenvalue weighted by Crippen LogP contribution is -2.52. The first-order valence-corrected chi connectivity index (χ1v) is 9.17. The Balaban J connectivity index is 1.46. The van der Waals surface area contributed by atoms with Crippen LogP contribution in [0.5, 0.6) is 0 Å². The number of piperazine rings is 1. The van der Waals surface area contributed by atoms with Crippen molar-refractivity contribution < 1.29 is 4.52 Å². The van der Waals surface area contributed by atoms with Gasteiger partial charge in [0.2, 0.25) is 0 Å². The first-order valence-electron chi connectivity index (χ1n) is 8.29. The number of aliphatic imine (C=N–C) groups is 1. The van der Waals surface area contributed by atoms with Gasteiger partial charge < -0.3 is 14.7 Å². The summed E-state index contributed by atoms with van der Waals surface area (Å²) < 4.78 is 4.90. The molecule has 24 heavy (non-hydrogen) atoms. The van der Waals surface area contributed by atoms with E-state index < -0.39 is 0 Å². The zero-order chi connectivity index (χ0) is 16.8. The van der Waals surface area contributed by atoms with Crippen molar-refractivity contribution in [1.29, 1.82) is 0 Å². The van der Waals surface area contributed by atoms with Crippen LogP contribution in [0.25, 0.3) is 0 Å². The van der Waals surface area contributed by atoms with E-state index in [0.29, 0.717) is 0 Å². The van der Waals surface area contributed by atoms with E-state index in [4.69, 9.17) is 4.52 Å². The number of nitrogens with zero attached hydrogens (tertiary/aromatic N) is 5. The maximum Gasteiger partial charge on any atom is 0.194 e. The van der Waals surface area contributed by atoms with Gasteiger partial charge in [-0.25, -0.2) is 4.98 Å². The van der Waals surface area contributed by atoms with Crippen LogP contribution in [0.4, 0.5) is 0 Å². The largest absolute Gasteiger partial charge is 0.364 e. The third-order valence-corrected chi connectivity index (χ3v) is 5.13. The lowest BCUT2D eigenvalue weighted by Gasteiger charge is -2.36. The number of aryl methyl sites for hydroxylation is 1. The second-order valence-corrected chi connectivity index (χ2v) is 6.68. The summed E-state index contributed by atoms with van der Waals surface area (Å²) in [6, 6.07) is 1.92. The fraction of sp³-hybridized carbons (Fsp3) is 0.562. The van der Waals surface area contributed by atoms with Crippen molar-refractivity contribution in [3.05, 3.63) is 34.1 Å². The number of hydrogen-bond donors (Lipinski definition) is 1. The normalized spacial score (nSPS) is 16.6. The molecule has 0 spiro atoms. The number of thiazole rings is 1. The highest BCUT2D eigenvalue weighted by molar-refractivity contribution is 7.09. The Labute approximate surface area is 146 Å². The topological polar surface area (TPSA) is 69.8 Å². The number of guanidine groups is 1. The van der Waals surface area contributed by atoms with Gasteiger partial charge in [0.05, 0.1) is 22.9 Å². The maximum absolute atomic E-state index is 4.90. The fourth-order valence-corrected chi connectivity index (χ4v) is 3.51. The van der Waals surface area contributed by atoms with Gasteiger partial charge >= 0.3 is 0 Å². The van der Waals surface area contributed by atoms with Gasteiger partial charge in [0.25, 0.3) is 0 Å². The van der Waals surface area contributed by atoms with Crippen LogP contribution < -0.4 is 5.32 Å². The molecule has 0 aromatic carbocycles. The Morgan fingerprint density at radius 1 is 1.33 bits per heavy atom. The summed E-state index contributed by atoms with van der Waals surface area (Å²) in [6.45, 7) is 7.59. The van der Waals surface area contributed by atoms with Gasteiger partial charge in [-0.1, -0.05) is 12.1 Å². The van der Waals surface area contributed by atoms with Gasteiger partial charge in [-0.05, 0) is 6.42 Å². The Morgan fingerprint density at radius 3 is 2.79 bits per heavy atom. The molecule has 1 fully saturated rings. The molecule has 3 heterocycles. The molecule has 0 radical (unpaired) electrons. The number of hydrogen-bond acceptors (Lipinski definition) is 6. The highest BCUT2D eigenvalue weighted by Crippen LogP contribution is 2.11. The quantitative estimate of drug-likeness (QED) is 0.654. The summed E-state index contributed by atoms with van der Waals surface area (Å²) in [6.07, 6.45) is 2.62. The van der Waals surface area contributed by atoms with Crippen LogP contribution in [0.1, 0.15) is 23.3 Å². The van der Waals surface area contributed by atoms with Crippen molar-refractivity contribution in [1.82, 2.24) is 25.3 Å². The second kappa shape index (κ2) is 8.25. The molecule has 3 rings (SSSR count). The molecule has 1 aliphatic heterocycles. The highest BCUT2D eigenvalue weighted by Gasteiger charge is 2.20. The Bertz CT molecular complexity index is 645. The van der Waals surface area contributed by atoms with Crippen molar-refractivity contribution in [2.24, 2.45) is 4.99 Å². The summed E-state index contributed by atoms with van der Waals surface area (Å²) in [7, 11) is 1.84. The van der Waals surface area contributed by atoms with Crippen molar-refractivity contribution in [3.63, 3.8) is 0 Å². The third kappa shape index (κ3) is 4.33. The first-order chi connectivity index (χ1) is 11.8. The molecule has 0 bridgehead atoms. The third-order valence-electron chi connectivity index (χ3n) is 4.09. The SMILES string of the molecule is CCc1nc(CNC(=NC)N2CCN(Cc3ccon3)CC2)cs1. The van der Waals surface area contributed by atoms with Crippen LogP contribution in [0.3, 0.4) is 0 Å². The lowest BCUT2D eigenvalue weighted by molar-refractivity contribution is 0.169. The zero-order valence-electron chi connectivity index (χ0n) is 14.2. The molecule has 2 aromatic rings. The smallest absolute Gasteiger partial charge is 0.194 e. The van der Waals surface area contributed by atoms with Gasteiger partial charge in [0.1, 0.15) is 6.26 Å². The molecular formula is C16H24N6OS. The summed E-state index contributed by atoms with van der Waals surface area (Å²) in [5, 5.41) is 10.7. The molecule has 0 amide bonds. The van der Waals surface area contributed by atoms with E-state index in [0.717, 1.165) is 63.0 Å². The number of aromatic nitrogens is 2. The minimum Gasteiger partial charge on any atom is -0.364 e. The van der Waals surface area contributed by atoms with E-state index in [1.807, 2.05) is 13.1 Å². The Hall–Kier alpha value is -1.93. The fourth-order valence-electron chi connectivity index (χ4n) is 2.76. The van der Waals surface area contributed by atoms with Gasteiger partial charge in [-0.3, -0.25) is 9.89 Å². The van der Waals surface area contributed by atoms with E-state index >= 15 is 0 Å². The summed E-state index contributed by atoms with van der Waals surface area (Å²) in [5.74, 6) is 0.946. The molecule has 7 nitrogen and oxygen atoms in total. The second-order valence-electron chi connectivity index (χ2n) is 5.74. The van der Waals surface area contributed by atoms with E-state index in [9.17, 15) is 0 Å². The molecule has 1 aliphatic rings. The molecule has 2 aromatic heterocycles. The minimum absolute atomic E-state index is 0.725. The van der Waals surface area contributed by atoms with Crippen molar-refractivity contribution in [2.75, 3.05) is 33.2 Å². The minimum atomic E-state index is 0.725. The molecule has 130 valence electrons. The molecule has 0 unspecified atom stereocenters. The van der Waals surface area contributed by atoms with Crippen LogP contribution in [-0.4, -0.2) is 59.1 Å². The number of nitrogens with one attached hydrogen (secondary N) is 1. The molecular weight excluding hydrogens is 324 g/mol. The predicted octanol–water partition coefficient (Wildman–Crippen LogP) is 1.59. The summed E-state index contributed by atoms with van der Waals surface area (Å²) in [4.78, 5) is 13.7. The molecule has 0 saturated carbocycles. The Kier molecular flexibility index (Phi) is 5.81. The lowest BCUT2D eigenvalue weighted by atomic mass is 10.3. The predicted molar refractivity (Wildman–Crippen MR) is 95.0 cm³/mol. The van der Waals surface area contributed by atoms with Gasteiger partial charge in [0, 0.05) is 51.2 Å². The van der Waals surface area contributed by atoms with Crippen molar-refractivity contribution in [3.8, 4) is 0 Å². The molecule has 0 aliphatic carbocycles. The molecule has 8 heteroatoms. The van der Waals surface area contributed by atoms with Gasteiger partial charge in [-0.15, -0.1) is 11.3 Å². The van der Waals surface area contributed by atoms with Gasteiger partial charge in [0.15, 0.2) is 5.96 Å². The highest BCUT2D eigenvalue weighted by atomic mass is 32.1. The van der Waals surface area contributed by atoms with E-state index in [-0.39, 0.29) is 0 Å². The standard InChI is InChI=1S/C16H24N6OS/c1-3-15-19-14(12-24-15)10-18-16(17-2)22-7-5-21(6-8-22)11-13-4-9-23-20-13/h4,9,12H,3,5-8,10-11H2,1-2H3,(H,17,18). The molecule has 0 atom stereocenters. The van der Waals surface area contributed by atoms with E-state index in [1.165, 1.54) is 5.01 Å². The van der Waals surface area contributed by atoms with Crippen LogP contribution >= 0.6 is 11.3 Å². The first kappa shape index (κ1) is 16.9. The van der Waals surface area contributed by atoms with E-state index in [2.05, 4.69) is 42.6 Å². The van der Waals surface area contributed by atoms with Gasteiger partial charge in [-0.2, -0.15) is 0 Å². The van der Waals surface area contributed by atoms with Crippen molar-refractivity contribution in [2.45, 2.75) is 26.4 Å². The average Bonchev–Trinajstić information content (AvgIpc) is 3.28. The number of rotatable bonds is 5. The van der Waals surface area contributed by atoms with Crippen LogP contribution in [0, 0.1) is 0 Å². The summed E-state index contributed by atoms with van der Waals surface area (Å²) in [5.41, 5.74) is 2.07. The zero-order valence-corrected chi connectivity index (χ0v) is 15.1. The Morgan fingerprint density at radius 2 is 2.17 bits per heavy atom. The van der Waals surface area contributed by atoms with Crippen LogP contribution in [0.2, 0.25) is 0 Å². The van der Waals surface area contributed by atoms with E-state index in [1.54, 1.807) is 17.6 Å².